The monoisotopic (exact) mass is 815 g/mol. The van der Waals surface area contributed by atoms with Crippen LogP contribution < -0.4 is 5.32 Å². The molecule has 0 spiro atoms. The highest BCUT2D eigenvalue weighted by Gasteiger charge is 2.71. The highest BCUT2D eigenvalue weighted by atomic mass is 35.5. The van der Waals surface area contributed by atoms with Crippen molar-refractivity contribution < 1.29 is 33.4 Å². The first-order chi connectivity index (χ1) is 27.1. The Kier molecular flexibility index (Phi) is 9.90. The Hall–Kier alpha value is -3.00. The maximum atomic E-state index is 14.5. The molecule has 6 saturated carbocycles. The van der Waals surface area contributed by atoms with Gasteiger partial charge in [0.15, 0.2) is 11.6 Å². The van der Waals surface area contributed by atoms with Crippen molar-refractivity contribution >= 4 is 41.5 Å². The van der Waals surface area contributed by atoms with Crippen molar-refractivity contribution in [2.45, 2.75) is 164 Å². The highest BCUT2D eigenvalue weighted by Crippen LogP contribution is 2.76. The molecule has 1 aromatic carbocycles. The van der Waals surface area contributed by atoms with E-state index in [1.807, 2.05) is 13.8 Å². The minimum absolute atomic E-state index is 0.0178. The number of allylic oxidation sites excluding steroid dienone is 1. The lowest BCUT2D eigenvalue weighted by molar-refractivity contribution is -0.236. The van der Waals surface area contributed by atoms with Crippen LogP contribution in [-0.2, 0) is 28.7 Å². The molecule has 1 amide bonds. The summed E-state index contributed by atoms with van der Waals surface area (Å²) in [7, 11) is 0. The molecule has 7 aliphatic rings. The van der Waals surface area contributed by atoms with E-state index in [1.165, 1.54) is 5.57 Å². The van der Waals surface area contributed by atoms with E-state index in [-0.39, 0.29) is 81.5 Å². The van der Waals surface area contributed by atoms with Gasteiger partial charge in [0.05, 0.1) is 16.9 Å². The average molecular weight is 817 g/mol. The molecule has 0 aliphatic heterocycles. The maximum Gasteiger partial charge on any atom is 0.310 e. The molecular weight excluding hydrogens is 750 g/mol. The van der Waals surface area contributed by atoms with E-state index >= 15 is 0 Å². The van der Waals surface area contributed by atoms with Crippen LogP contribution >= 0.6 is 11.6 Å². The predicted molar refractivity (Wildman–Crippen MR) is 223 cm³/mol. The van der Waals surface area contributed by atoms with Gasteiger partial charge in [0.1, 0.15) is 12.2 Å². The Morgan fingerprint density at radius 1 is 0.828 bits per heavy atom. The topological polar surface area (TPSA) is 116 Å². The van der Waals surface area contributed by atoms with Crippen LogP contribution in [-0.4, -0.2) is 47.7 Å². The van der Waals surface area contributed by atoms with Gasteiger partial charge < -0.3 is 14.8 Å². The fraction of sp³-hybridized carbons (Fsp3) is 0.735. The van der Waals surface area contributed by atoms with Crippen molar-refractivity contribution in [1.82, 2.24) is 5.32 Å². The van der Waals surface area contributed by atoms with Crippen LogP contribution in [0.2, 0.25) is 5.02 Å². The van der Waals surface area contributed by atoms with Crippen molar-refractivity contribution in [3.8, 4) is 0 Å². The van der Waals surface area contributed by atoms with Gasteiger partial charge in [-0.25, -0.2) is 0 Å². The molecule has 9 heteroatoms. The van der Waals surface area contributed by atoms with Crippen LogP contribution in [0.25, 0.3) is 0 Å². The number of hydrogen-bond acceptors (Lipinski definition) is 7. The molecule has 8 rings (SSSR count). The number of rotatable bonds is 10. The van der Waals surface area contributed by atoms with Gasteiger partial charge in [0, 0.05) is 34.3 Å². The molecule has 7 aliphatic carbocycles. The lowest BCUT2D eigenvalue weighted by atomic mass is 9.33. The zero-order valence-corrected chi connectivity index (χ0v) is 37.1. The average Bonchev–Trinajstić information content (AvgIpc) is 3.87. The fourth-order valence-electron chi connectivity index (χ4n) is 14.8. The van der Waals surface area contributed by atoms with Gasteiger partial charge in [-0.15, -0.1) is 0 Å². The van der Waals surface area contributed by atoms with Crippen LogP contribution in [0, 0.1) is 62.1 Å². The molecule has 0 aromatic heterocycles. The molecule has 0 heterocycles. The first-order valence-corrected chi connectivity index (χ1v) is 22.7. The van der Waals surface area contributed by atoms with E-state index in [2.05, 4.69) is 53.8 Å². The fourth-order valence-corrected chi connectivity index (χ4v) is 14.9. The van der Waals surface area contributed by atoms with E-state index < -0.39 is 16.4 Å². The third-order valence-electron chi connectivity index (χ3n) is 18.7. The molecule has 0 unspecified atom stereocenters. The lowest BCUT2D eigenvalue weighted by Gasteiger charge is -2.72. The number of benzene rings is 1. The Labute approximate surface area is 350 Å². The number of ether oxygens (including phenoxy) is 2. The second kappa shape index (κ2) is 13.8. The highest BCUT2D eigenvalue weighted by molar-refractivity contribution is 6.30. The number of Topliss-reactive ketones (excluding diaryl/α,β-unsaturated/α-hetero) is 2. The molecule has 0 radical (unpaired) electrons. The van der Waals surface area contributed by atoms with Gasteiger partial charge in [-0.1, -0.05) is 73.9 Å². The van der Waals surface area contributed by atoms with Crippen LogP contribution in [0.15, 0.2) is 35.4 Å². The van der Waals surface area contributed by atoms with Crippen molar-refractivity contribution in [3.05, 3.63) is 46.0 Å². The van der Waals surface area contributed by atoms with Crippen molar-refractivity contribution in [2.24, 2.45) is 62.1 Å². The summed E-state index contributed by atoms with van der Waals surface area (Å²) < 4.78 is 11.7. The smallest absolute Gasteiger partial charge is 0.310 e. The maximum absolute atomic E-state index is 14.5. The first-order valence-electron chi connectivity index (χ1n) is 22.3. The molecule has 0 saturated heterocycles. The lowest BCUT2D eigenvalue weighted by Crippen LogP contribution is -2.67. The third kappa shape index (κ3) is 5.97. The molecule has 1 aromatic rings. The second-order valence-corrected chi connectivity index (χ2v) is 22.7. The van der Waals surface area contributed by atoms with E-state index in [0.29, 0.717) is 54.6 Å². The van der Waals surface area contributed by atoms with E-state index in [1.54, 1.807) is 24.3 Å². The van der Waals surface area contributed by atoms with E-state index in [4.69, 9.17) is 21.1 Å². The van der Waals surface area contributed by atoms with Crippen LogP contribution in [0.4, 0.5) is 0 Å². The molecule has 6 fully saturated rings. The zero-order chi connectivity index (χ0) is 42.0. The van der Waals surface area contributed by atoms with E-state index in [0.717, 1.165) is 56.9 Å². The number of halogens is 1. The van der Waals surface area contributed by atoms with Gasteiger partial charge in [0.25, 0.3) is 6.47 Å². The molecular formula is C49H66ClNO7. The summed E-state index contributed by atoms with van der Waals surface area (Å²) in [4.78, 5) is 66.8. The van der Waals surface area contributed by atoms with Gasteiger partial charge in [-0.3, -0.25) is 24.0 Å². The minimum atomic E-state index is -0.737. The van der Waals surface area contributed by atoms with E-state index in [9.17, 15) is 24.0 Å². The van der Waals surface area contributed by atoms with Gasteiger partial charge in [0.2, 0.25) is 5.91 Å². The molecule has 8 nitrogen and oxygen atoms in total. The van der Waals surface area contributed by atoms with Crippen molar-refractivity contribution in [1.29, 1.82) is 0 Å². The van der Waals surface area contributed by atoms with Crippen LogP contribution in [0.5, 0.6) is 0 Å². The number of amides is 1. The Bertz CT molecular complexity index is 1940. The third-order valence-corrected chi connectivity index (χ3v) is 18.9. The largest absolute Gasteiger partial charge is 0.464 e. The number of ketones is 2. The summed E-state index contributed by atoms with van der Waals surface area (Å²) in [5.41, 5.74) is 0.616. The molecule has 316 valence electrons. The number of fused-ring (bicyclic) bond motifs is 7. The Morgan fingerprint density at radius 2 is 1.52 bits per heavy atom. The number of nitrogens with one attached hydrogen (secondary N) is 1. The molecule has 0 bridgehead atoms. The minimum Gasteiger partial charge on any atom is -0.464 e. The summed E-state index contributed by atoms with van der Waals surface area (Å²) in [5, 5.41) is 4.14. The summed E-state index contributed by atoms with van der Waals surface area (Å²) in [6, 6.07) is 6.90. The van der Waals surface area contributed by atoms with Gasteiger partial charge >= 0.3 is 5.97 Å². The second-order valence-electron chi connectivity index (χ2n) is 22.2. The van der Waals surface area contributed by atoms with Crippen molar-refractivity contribution in [2.75, 3.05) is 0 Å². The Morgan fingerprint density at radius 3 is 2.14 bits per heavy atom. The summed E-state index contributed by atoms with van der Waals surface area (Å²) in [6.07, 6.45) is 9.54. The summed E-state index contributed by atoms with van der Waals surface area (Å²) in [6.45, 7) is 21.0. The standard InChI is InChI=1S/C49H66ClNO7/c1-28(2)39-34(54)26-49(51-42(56)48(21-22-48)25-33(53)29-10-12-30(50)13-11-29)23-20-46(8)31(40(39)49)14-15-36-45(7)18-17-37(44(5,6)35(45)16-19-47(36,46)9)58-41(55)32-24-38(57-27-52)43(32,3)4/h10-13,27-28,31-32,35-38H,14-26H2,1-9H3,(H,51,56)/t31-,32+,35+,36-,37+,38+,45+,46-,47-,49-/m1/s1. The number of esters is 1. The predicted octanol–water partition coefficient (Wildman–Crippen LogP) is 10.0. The summed E-state index contributed by atoms with van der Waals surface area (Å²) in [5.74, 6) is 0.694. The first kappa shape index (κ1) is 41.7. The SMILES string of the molecule is CC(C)C1=C2[C@H]3CC[C@@H]4[C@@]5(C)CC[C@H](OC(=O)[C@@H]6C[C@H](OC=O)C6(C)C)C(C)(C)[C@@H]5CC[C@@]4(C)[C@]3(C)CC[C@@]2(NC(=O)C2(CC(=O)c3ccc(Cl)cc3)CC2)CC1=O. The van der Waals surface area contributed by atoms with Crippen LogP contribution in [0.3, 0.4) is 0 Å². The van der Waals surface area contributed by atoms with Gasteiger partial charge in [-0.05, 0) is 146 Å². The molecule has 10 atom stereocenters. The zero-order valence-electron chi connectivity index (χ0n) is 36.4. The summed E-state index contributed by atoms with van der Waals surface area (Å²) >= 11 is 6.09. The number of carbonyl (C=O) groups excluding carboxylic acids is 5. The quantitative estimate of drug-likeness (QED) is 0.142. The normalized spacial score (nSPS) is 40.2. The van der Waals surface area contributed by atoms with Gasteiger partial charge in [-0.2, -0.15) is 0 Å². The Balaban J connectivity index is 1.04. The number of hydrogen-bond donors (Lipinski definition) is 1. The number of carbonyl (C=O) groups is 5. The van der Waals surface area contributed by atoms with Crippen molar-refractivity contribution in [3.63, 3.8) is 0 Å². The van der Waals surface area contributed by atoms with Crippen LogP contribution in [0.1, 0.15) is 156 Å². The molecule has 58 heavy (non-hydrogen) atoms. The molecule has 1 N–H and O–H groups in total.